The summed E-state index contributed by atoms with van der Waals surface area (Å²) < 4.78 is 1.21. The molecule has 0 saturated carbocycles. The third-order valence-corrected chi connectivity index (χ3v) is 4.73. The number of rotatable bonds is 3. The Bertz CT molecular complexity index is 713. The van der Waals surface area contributed by atoms with Crippen molar-refractivity contribution < 1.29 is 0 Å². The first kappa shape index (κ1) is 13.3. The summed E-state index contributed by atoms with van der Waals surface area (Å²) in [5, 5.41) is 1.02. The number of thiazole rings is 1. The number of nitrogens with zero attached hydrogens (tertiary/aromatic N) is 1. The van der Waals surface area contributed by atoms with Crippen LogP contribution in [0.4, 0.5) is 0 Å². The van der Waals surface area contributed by atoms with Crippen molar-refractivity contribution in [2.24, 2.45) is 5.73 Å². The lowest BCUT2D eigenvalue weighted by molar-refractivity contribution is 0.714. The van der Waals surface area contributed by atoms with Crippen LogP contribution in [0.5, 0.6) is 0 Å². The van der Waals surface area contributed by atoms with Crippen LogP contribution in [0.15, 0.2) is 42.5 Å². The maximum absolute atomic E-state index is 6.35. The van der Waals surface area contributed by atoms with Gasteiger partial charge in [-0.25, -0.2) is 4.98 Å². The average molecular weight is 282 g/mol. The minimum atomic E-state index is -0.0335. The number of hydrogen-bond acceptors (Lipinski definition) is 3. The van der Waals surface area contributed by atoms with Gasteiger partial charge in [-0.3, -0.25) is 0 Å². The molecule has 0 amide bonds. The van der Waals surface area contributed by atoms with E-state index in [1.165, 1.54) is 21.4 Å². The molecule has 1 heterocycles. The van der Waals surface area contributed by atoms with E-state index in [-0.39, 0.29) is 6.04 Å². The fraction of sp³-hybridized carbons (Fsp3) is 0.235. The Balaban J connectivity index is 1.86. The van der Waals surface area contributed by atoms with E-state index in [9.17, 15) is 0 Å². The van der Waals surface area contributed by atoms with Gasteiger partial charge in [0.2, 0.25) is 0 Å². The molecular formula is C17H18N2S. The van der Waals surface area contributed by atoms with Crippen molar-refractivity contribution in [2.75, 3.05) is 0 Å². The van der Waals surface area contributed by atoms with Gasteiger partial charge in [0.25, 0.3) is 0 Å². The van der Waals surface area contributed by atoms with Gasteiger partial charge in [-0.2, -0.15) is 0 Å². The highest BCUT2D eigenvalue weighted by atomic mass is 32.1. The van der Waals surface area contributed by atoms with Crippen LogP contribution in [0, 0.1) is 13.8 Å². The van der Waals surface area contributed by atoms with Gasteiger partial charge in [0.1, 0.15) is 5.01 Å². The van der Waals surface area contributed by atoms with Crippen LogP contribution in [0.2, 0.25) is 0 Å². The summed E-state index contributed by atoms with van der Waals surface area (Å²) in [6, 6.07) is 14.7. The van der Waals surface area contributed by atoms with Crippen molar-refractivity contribution in [3.63, 3.8) is 0 Å². The lowest BCUT2D eigenvalue weighted by Gasteiger charge is -2.11. The standard InChI is InChI=1S/C17H18N2S/c1-11-7-8-13(12(2)9-11)10-14(18)17-19-15-5-3-4-6-16(15)20-17/h3-9,14H,10,18H2,1-2H3. The highest BCUT2D eigenvalue weighted by Crippen LogP contribution is 2.27. The first-order valence-corrected chi connectivity index (χ1v) is 7.62. The zero-order valence-corrected chi connectivity index (χ0v) is 12.6. The lowest BCUT2D eigenvalue weighted by atomic mass is 10.00. The first-order valence-electron chi connectivity index (χ1n) is 6.80. The van der Waals surface area contributed by atoms with Gasteiger partial charge < -0.3 is 5.73 Å². The summed E-state index contributed by atoms with van der Waals surface area (Å²) in [6.07, 6.45) is 0.839. The van der Waals surface area contributed by atoms with E-state index in [0.29, 0.717) is 0 Å². The molecule has 0 aliphatic heterocycles. The van der Waals surface area contributed by atoms with Crippen LogP contribution in [0.1, 0.15) is 27.7 Å². The van der Waals surface area contributed by atoms with Crippen molar-refractivity contribution in [1.82, 2.24) is 4.98 Å². The van der Waals surface area contributed by atoms with E-state index < -0.39 is 0 Å². The number of fused-ring (bicyclic) bond motifs is 1. The molecular weight excluding hydrogens is 264 g/mol. The third-order valence-electron chi connectivity index (χ3n) is 3.57. The van der Waals surface area contributed by atoms with Crippen LogP contribution in [-0.4, -0.2) is 4.98 Å². The molecule has 3 heteroatoms. The molecule has 1 aromatic heterocycles. The average Bonchev–Trinajstić information content (AvgIpc) is 2.86. The molecule has 0 saturated heterocycles. The molecule has 20 heavy (non-hydrogen) atoms. The summed E-state index contributed by atoms with van der Waals surface area (Å²) in [4.78, 5) is 4.65. The molecule has 2 N–H and O–H groups in total. The van der Waals surface area contributed by atoms with E-state index in [4.69, 9.17) is 5.73 Å². The fourth-order valence-electron chi connectivity index (χ4n) is 2.45. The molecule has 0 aliphatic rings. The van der Waals surface area contributed by atoms with E-state index in [1.54, 1.807) is 11.3 Å². The maximum atomic E-state index is 6.35. The smallest absolute Gasteiger partial charge is 0.111 e. The lowest BCUT2D eigenvalue weighted by Crippen LogP contribution is -2.13. The molecule has 0 spiro atoms. The van der Waals surface area contributed by atoms with Gasteiger partial charge >= 0.3 is 0 Å². The summed E-state index contributed by atoms with van der Waals surface area (Å²) in [7, 11) is 0. The quantitative estimate of drug-likeness (QED) is 0.783. The first-order chi connectivity index (χ1) is 9.63. The number of benzene rings is 2. The summed E-state index contributed by atoms with van der Waals surface area (Å²) in [5.41, 5.74) is 11.3. The summed E-state index contributed by atoms with van der Waals surface area (Å²) in [5.74, 6) is 0. The predicted molar refractivity (Wildman–Crippen MR) is 86.2 cm³/mol. The van der Waals surface area contributed by atoms with Crippen molar-refractivity contribution >= 4 is 21.6 Å². The molecule has 102 valence electrons. The Kier molecular flexibility index (Phi) is 3.55. The second-order valence-electron chi connectivity index (χ2n) is 5.26. The van der Waals surface area contributed by atoms with E-state index in [0.717, 1.165) is 16.9 Å². The molecule has 0 radical (unpaired) electrons. The molecule has 2 nitrogen and oxygen atoms in total. The molecule has 0 bridgehead atoms. The second kappa shape index (κ2) is 5.35. The van der Waals surface area contributed by atoms with E-state index in [1.807, 2.05) is 18.2 Å². The molecule has 0 fully saturated rings. The second-order valence-corrected chi connectivity index (χ2v) is 6.32. The number of para-hydroxylation sites is 1. The van der Waals surface area contributed by atoms with Gasteiger partial charge in [0.05, 0.1) is 16.3 Å². The monoisotopic (exact) mass is 282 g/mol. The minimum absolute atomic E-state index is 0.0335. The van der Waals surface area contributed by atoms with Gasteiger partial charge in [-0.1, -0.05) is 35.9 Å². The van der Waals surface area contributed by atoms with Crippen molar-refractivity contribution in [3.05, 3.63) is 64.2 Å². The topological polar surface area (TPSA) is 38.9 Å². The Labute approximate surface area is 123 Å². The summed E-state index contributed by atoms with van der Waals surface area (Å²) >= 11 is 1.70. The van der Waals surface area contributed by atoms with Gasteiger partial charge in [0.15, 0.2) is 0 Å². The van der Waals surface area contributed by atoms with Crippen LogP contribution < -0.4 is 5.73 Å². The Morgan fingerprint density at radius 1 is 1.15 bits per heavy atom. The largest absolute Gasteiger partial charge is 0.322 e. The van der Waals surface area contributed by atoms with Crippen LogP contribution >= 0.6 is 11.3 Å². The maximum Gasteiger partial charge on any atom is 0.111 e. The molecule has 2 aromatic carbocycles. The zero-order chi connectivity index (χ0) is 14.1. The SMILES string of the molecule is Cc1ccc(CC(N)c2nc3ccccc3s2)c(C)c1. The number of aromatic nitrogens is 1. The number of hydrogen-bond donors (Lipinski definition) is 1. The Morgan fingerprint density at radius 3 is 2.70 bits per heavy atom. The summed E-state index contributed by atoms with van der Waals surface area (Å²) in [6.45, 7) is 4.26. The van der Waals surface area contributed by atoms with Crippen molar-refractivity contribution in [3.8, 4) is 0 Å². The fourth-order valence-corrected chi connectivity index (χ4v) is 3.42. The molecule has 1 atom stereocenters. The Morgan fingerprint density at radius 2 is 1.95 bits per heavy atom. The zero-order valence-electron chi connectivity index (χ0n) is 11.8. The molecule has 3 rings (SSSR count). The minimum Gasteiger partial charge on any atom is -0.322 e. The highest BCUT2D eigenvalue weighted by Gasteiger charge is 2.13. The van der Waals surface area contributed by atoms with Crippen LogP contribution in [0.3, 0.4) is 0 Å². The van der Waals surface area contributed by atoms with E-state index in [2.05, 4.69) is 43.1 Å². The number of nitrogens with two attached hydrogens (primary N) is 1. The van der Waals surface area contributed by atoms with Crippen molar-refractivity contribution in [2.45, 2.75) is 26.3 Å². The Hall–Kier alpha value is -1.71. The predicted octanol–water partition coefficient (Wildman–Crippen LogP) is 4.16. The van der Waals surface area contributed by atoms with Crippen molar-refractivity contribution in [1.29, 1.82) is 0 Å². The third kappa shape index (κ3) is 2.60. The van der Waals surface area contributed by atoms with Gasteiger partial charge in [0, 0.05) is 0 Å². The van der Waals surface area contributed by atoms with Crippen LogP contribution in [0.25, 0.3) is 10.2 Å². The normalized spacial score (nSPS) is 12.8. The van der Waals surface area contributed by atoms with Gasteiger partial charge in [-0.05, 0) is 43.5 Å². The highest BCUT2D eigenvalue weighted by molar-refractivity contribution is 7.18. The van der Waals surface area contributed by atoms with Gasteiger partial charge in [-0.15, -0.1) is 11.3 Å². The molecule has 0 aliphatic carbocycles. The molecule has 3 aromatic rings. The molecule has 1 unspecified atom stereocenters. The number of aryl methyl sites for hydroxylation is 2. The van der Waals surface area contributed by atoms with Crippen LogP contribution in [-0.2, 0) is 6.42 Å². The van der Waals surface area contributed by atoms with E-state index >= 15 is 0 Å².